The molecule has 4 heterocycles. The van der Waals surface area contributed by atoms with Crippen molar-refractivity contribution in [1.29, 1.82) is 0 Å². The number of hydrogen-bond acceptors (Lipinski definition) is 5. The van der Waals surface area contributed by atoms with E-state index in [0.29, 0.717) is 27.9 Å². The normalized spacial score (nSPS) is 21.2. The van der Waals surface area contributed by atoms with Crippen LogP contribution in [0.25, 0.3) is 10.1 Å². The molecule has 0 aliphatic carbocycles. The van der Waals surface area contributed by atoms with E-state index in [2.05, 4.69) is 20.9 Å². The Morgan fingerprint density at radius 3 is 2.58 bits per heavy atom. The zero-order chi connectivity index (χ0) is 22.1. The lowest BCUT2D eigenvalue weighted by molar-refractivity contribution is 0.0622. The number of nitrogens with zero attached hydrogens (tertiary/aromatic N) is 1. The van der Waals surface area contributed by atoms with Gasteiger partial charge in [-0.05, 0) is 67.6 Å². The molecular weight excluding hydrogens is 460 g/mol. The summed E-state index contributed by atoms with van der Waals surface area (Å²) < 4.78 is 6.23. The van der Waals surface area contributed by atoms with Crippen LogP contribution in [-0.2, 0) is 0 Å². The van der Waals surface area contributed by atoms with Crippen molar-refractivity contribution < 1.29 is 14.3 Å². The lowest BCUT2D eigenvalue weighted by Gasteiger charge is -2.44. The van der Waals surface area contributed by atoms with Gasteiger partial charge in [0.2, 0.25) is 0 Å². The Hall–Kier alpha value is -2.81. The largest absolute Gasteiger partial charge is 0.495 e. The maximum absolute atomic E-state index is 12.9. The summed E-state index contributed by atoms with van der Waals surface area (Å²) in [6.45, 7) is 3.26. The van der Waals surface area contributed by atoms with Gasteiger partial charge in [-0.3, -0.25) is 4.79 Å². The van der Waals surface area contributed by atoms with E-state index < -0.39 is 0 Å². The lowest BCUT2D eigenvalue weighted by atomic mass is 9.84. The van der Waals surface area contributed by atoms with Crippen molar-refractivity contribution >= 4 is 57.1 Å². The number of fused-ring (bicyclic) bond motifs is 4. The van der Waals surface area contributed by atoms with E-state index in [1.807, 2.05) is 36.4 Å². The van der Waals surface area contributed by atoms with Gasteiger partial charge in [0.1, 0.15) is 5.75 Å². The van der Waals surface area contributed by atoms with Crippen LogP contribution >= 0.6 is 23.7 Å². The number of carbonyl (C=O) groups is 2. The van der Waals surface area contributed by atoms with Crippen LogP contribution in [0.15, 0.2) is 48.5 Å². The van der Waals surface area contributed by atoms with Crippen LogP contribution in [0.3, 0.4) is 0 Å². The van der Waals surface area contributed by atoms with Gasteiger partial charge in [-0.1, -0.05) is 18.2 Å². The number of carbonyl (C=O) groups excluding carboxylic acids is 2. The molecule has 9 heteroatoms. The smallest absolute Gasteiger partial charge is 0.323 e. The second-order valence-corrected chi connectivity index (χ2v) is 9.44. The molecule has 0 saturated carbocycles. The third-order valence-electron chi connectivity index (χ3n) is 6.33. The Balaban J connectivity index is 0.00000259. The Kier molecular flexibility index (Phi) is 7.07. The van der Waals surface area contributed by atoms with Crippen molar-refractivity contribution in [3.63, 3.8) is 0 Å². The molecule has 174 valence electrons. The number of anilines is 2. The first kappa shape index (κ1) is 23.4. The molecule has 33 heavy (non-hydrogen) atoms. The summed E-state index contributed by atoms with van der Waals surface area (Å²) in [6, 6.07) is 14.7. The molecule has 0 spiro atoms. The molecule has 1 atom stereocenters. The number of piperidine rings is 3. The zero-order valence-electron chi connectivity index (χ0n) is 18.3. The van der Waals surface area contributed by atoms with Gasteiger partial charge in [-0.2, -0.15) is 0 Å². The third-order valence-corrected chi connectivity index (χ3v) is 7.43. The summed E-state index contributed by atoms with van der Waals surface area (Å²) in [4.78, 5) is 28.5. The summed E-state index contributed by atoms with van der Waals surface area (Å²) in [5.74, 6) is 1.18. The molecule has 3 aliphatic heterocycles. The van der Waals surface area contributed by atoms with Crippen molar-refractivity contribution in [3.05, 3.63) is 53.4 Å². The van der Waals surface area contributed by atoms with Gasteiger partial charge in [-0.15, -0.1) is 23.7 Å². The fourth-order valence-corrected chi connectivity index (χ4v) is 5.63. The minimum atomic E-state index is -0.356. The topological polar surface area (TPSA) is 82.7 Å². The molecule has 3 saturated heterocycles. The quantitative estimate of drug-likeness (QED) is 0.483. The molecule has 0 radical (unpaired) electrons. The monoisotopic (exact) mass is 486 g/mol. The molecule has 3 amide bonds. The number of halogens is 1. The van der Waals surface area contributed by atoms with Crippen LogP contribution in [-0.4, -0.2) is 49.6 Å². The van der Waals surface area contributed by atoms with Gasteiger partial charge in [0, 0.05) is 23.0 Å². The average Bonchev–Trinajstić information content (AvgIpc) is 3.24. The van der Waals surface area contributed by atoms with E-state index in [9.17, 15) is 9.59 Å². The average molecular weight is 487 g/mol. The second-order valence-electron chi connectivity index (χ2n) is 8.36. The summed E-state index contributed by atoms with van der Waals surface area (Å²) in [6.07, 6.45) is 2.34. The number of hydrogen-bond donors (Lipinski definition) is 3. The molecule has 3 aromatic rings. The van der Waals surface area contributed by atoms with Crippen LogP contribution in [0.2, 0.25) is 0 Å². The van der Waals surface area contributed by atoms with Crippen LogP contribution in [0.1, 0.15) is 22.5 Å². The summed E-state index contributed by atoms with van der Waals surface area (Å²) in [5, 5.41) is 9.89. The molecule has 6 rings (SSSR count). The van der Waals surface area contributed by atoms with E-state index >= 15 is 0 Å². The molecule has 3 fully saturated rings. The van der Waals surface area contributed by atoms with E-state index in [4.69, 9.17) is 4.74 Å². The van der Waals surface area contributed by atoms with Crippen molar-refractivity contribution in [3.8, 4) is 5.75 Å². The highest BCUT2D eigenvalue weighted by molar-refractivity contribution is 7.20. The standard InChI is InChI=1S/C24H26N4O3S.ClH/c1-31-20-5-3-2-4-18(20)27-24(30)25-17-7-6-16-12-22(32-21(16)13-17)23(29)26-19-14-28-10-8-15(19)9-11-28;/h2-7,12-13,15,19H,8-11,14H2,1H3,(H,26,29)(H2,25,27,30);1H/t19-;/m0./s1. The van der Waals surface area contributed by atoms with Crippen LogP contribution in [0, 0.1) is 5.92 Å². The predicted molar refractivity (Wildman–Crippen MR) is 135 cm³/mol. The van der Waals surface area contributed by atoms with Gasteiger partial charge in [0.15, 0.2) is 0 Å². The molecule has 2 aromatic carbocycles. The molecule has 3 N–H and O–H groups in total. The minimum Gasteiger partial charge on any atom is -0.495 e. The first-order chi connectivity index (χ1) is 15.6. The number of urea groups is 1. The van der Waals surface area contributed by atoms with Crippen molar-refractivity contribution in [2.45, 2.75) is 18.9 Å². The number of ether oxygens (including phenoxy) is 1. The highest BCUT2D eigenvalue weighted by atomic mass is 35.5. The summed E-state index contributed by atoms with van der Waals surface area (Å²) in [7, 11) is 1.56. The SMILES string of the molecule is COc1ccccc1NC(=O)Nc1ccc2cc(C(=O)N[C@H]3CN4CCC3CC4)sc2c1.Cl. The van der Waals surface area contributed by atoms with Gasteiger partial charge in [0.05, 0.1) is 17.7 Å². The van der Waals surface area contributed by atoms with Crippen molar-refractivity contribution in [1.82, 2.24) is 10.2 Å². The zero-order valence-corrected chi connectivity index (χ0v) is 19.9. The molecule has 1 aromatic heterocycles. The van der Waals surface area contributed by atoms with Crippen molar-refractivity contribution in [2.24, 2.45) is 5.92 Å². The minimum absolute atomic E-state index is 0. The van der Waals surface area contributed by atoms with E-state index in [-0.39, 0.29) is 30.4 Å². The van der Waals surface area contributed by atoms with Crippen molar-refractivity contribution in [2.75, 3.05) is 37.4 Å². The number of nitrogens with one attached hydrogen (secondary N) is 3. The van der Waals surface area contributed by atoms with Crippen LogP contribution in [0.4, 0.5) is 16.2 Å². The van der Waals surface area contributed by atoms with E-state index in [0.717, 1.165) is 29.7 Å². The van der Waals surface area contributed by atoms with Gasteiger partial charge < -0.3 is 25.6 Å². The van der Waals surface area contributed by atoms with Gasteiger partial charge >= 0.3 is 6.03 Å². The lowest BCUT2D eigenvalue weighted by Crippen LogP contribution is -2.57. The number of rotatable bonds is 5. The number of amides is 3. The molecular formula is C24H27ClN4O3S. The number of methoxy groups -OCH3 is 1. The first-order valence-electron chi connectivity index (χ1n) is 10.9. The van der Waals surface area contributed by atoms with Gasteiger partial charge in [0.25, 0.3) is 5.91 Å². The Bertz CT molecular complexity index is 1160. The first-order valence-corrected chi connectivity index (χ1v) is 11.7. The van der Waals surface area contributed by atoms with Gasteiger partial charge in [-0.25, -0.2) is 4.79 Å². The molecule has 0 unspecified atom stereocenters. The summed E-state index contributed by atoms with van der Waals surface area (Å²) >= 11 is 1.45. The Morgan fingerprint density at radius 2 is 1.85 bits per heavy atom. The maximum Gasteiger partial charge on any atom is 0.323 e. The fraction of sp³-hybridized carbons (Fsp3) is 0.333. The molecule has 3 aliphatic rings. The van der Waals surface area contributed by atoms with E-state index in [1.165, 1.54) is 24.2 Å². The fourth-order valence-electron chi connectivity index (χ4n) is 4.62. The Labute approximate surface area is 202 Å². The van der Waals surface area contributed by atoms with Crippen LogP contribution < -0.4 is 20.7 Å². The second kappa shape index (κ2) is 9.99. The number of thiophene rings is 1. The highest BCUT2D eigenvalue weighted by Gasteiger charge is 2.35. The summed E-state index contributed by atoms with van der Waals surface area (Å²) in [5.41, 5.74) is 1.26. The molecule has 2 bridgehead atoms. The van der Waals surface area contributed by atoms with Crippen LogP contribution in [0.5, 0.6) is 5.75 Å². The molecule has 7 nitrogen and oxygen atoms in total. The van der Waals surface area contributed by atoms with E-state index in [1.54, 1.807) is 19.2 Å². The maximum atomic E-state index is 12.9. The highest BCUT2D eigenvalue weighted by Crippen LogP contribution is 2.31. The predicted octanol–water partition coefficient (Wildman–Crippen LogP) is 4.80. The Morgan fingerprint density at radius 1 is 1.06 bits per heavy atom. The number of para-hydroxylation sites is 2. The number of benzene rings is 2. The third kappa shape index (κ3) is 5.08.